The number of carbonyl (C=O) groups excluding carboxylic acids is 1. The average Bonchev–Trinajstić information content (AvgIpc) is 2.55. The summed E-state index contributed by atoms with van der Waals surface area (Å²) >= 11 is 0. The fourth-order valence-corrected chi connectivity index (χ4v) is 1.11. The molecule has 76 valence electrons. The molecule has 0 unspecified atom stereocenters. The van der Waals surface area contributed by atoms with E-state index in [4.69, 9.17) is 0 Å². The SMILES string of the molecule is CC(C)NC(=O)/C=C/Cn1cccc1. The van der Waals surface area contributed by atoms with Gasteiger partial charge >= 0.3 is 0 Å². The lowest BCUT2D eigenvalue weighted by molar-refractivity contribution is -0.116. The topological polar surface area (TPSA) is 34.0 Å². The molecule has 1 N–H and O–H groups in total. The van der Waals surface area contributed by atoms with Gasteiger partial charge in [0.15, 0.2) is 0 Å². The molecule has 1 rings (SSSR count). The first kappa shape index (κ1) is 10.6. The highest BCUT2D eigenvalue weighted by Crippen LogP contribution is 1.90. The van der Waals surface area contributed by atoms with Gasteiger partial charge in [0.25, 0.3) is 0 Å². The van der Waals surface area contributed by atoms with E-state index in [1.165, 1.54) is 0 Å². The second-order valence-corrected chi connectivity index (χ2v) is 3.45. The second kappa shape index (κ2) is 5.27. The van der Waals surface area contributed by atoms with E-state index in [9.17, 15) is 4.79 Å². The Kier molecular flexibility index (Phi) is 3.98. The van der Waals surface area contributed by atoms with Crippen molar-refractivity contribution in [2.45, 2.75) is 26.4 Å². The zero-order chi connectivity index (χ0) is 10.4. The number of hydrogen-bond donors (Lipinski definition) is 1. The molecule has 14 heavy (non-hydrogen) atoms. The van der Waals surface area contributed by atoms with Gasteiger partial charge in [-0.25, -0.2) is 0 Å². The molecular formula is C11H16N2O. The third-order valence-corrected chi connectivity index (χ3v) is 1.68. The van der Waals surface area contributed by atoms with Crippen LogP contribution in [0, 0.1) is 0 Å². The molecule has 1 aromatic heterocycles. The first-order valence-corrected chi connectivity index (χ1v) is 4.76. The van der Waals surface area contributed by atoms with Gasteiger partial charge in [-0.05, 0) is 26.0 Å². The van der Waals surface area contributed by atoms with Gasteiger partial charge in [-0.15, -0.1) is 0 Å². The first-order valence-electron chi connectivity index (χ1n) is 4.76. The van der Waals surface area contributed by atoms with Gasteiger partial charge in [0, 0.05) is 31.1 Å². The summed E-state index contributed by atoms with van der Waals surface area (Å²) in [4.78, 5) is 11.2. The van der Waals surface area contributed by atoms with Crippen LogP contribution >= 0.6 is 0 Å². The summed E-state index contributed by atoms with van der Waals surface area (Å²) in [5.74, 6) is -0.0350. The molecular weight excluding hydrogens is 176 g/mol. The quantitative estimate of drug-likeness (QED) is 0.722. The Balaban J connectivity index is 2.30. The molecule has 0 spiro atoms. The highest BCUT2D eigenvalue weighted by atomic mass is 16.1. The summed E-state index contributed by atoms with van der Waals surface area (Å²) in [6.07, 6.45) is 7.34. The van der Waals surface area contributed by atoms with E-state index in [1.54, 1.807) is 6.08 Å². The largest absolute Gasteiger partial charge is 0.350 e. The van der Waals surface area contributed by atoms with Crippen LogP contribution in [0.15, 0.2) is 36.7 Å². The van der Waals surface area contributed by atoms with Crippen LogP contribution in [-0.2, 0) is 11.3 Å². The second-order valence-electron chi connectivity index (χ2n) is 3.45. The van der Waals surface area contributed by atoms with Crippen molar-refractivity contribution < 1.29 is 4.79 Å². The maximum absolute atomic E-state index is 11.2. The minimum absolute atomic E-state index is 0.0350. The summed E-state index contributed by atoms with van der Waals surface area (Å²) in [5.41, 5.74) is 0. The van der Waals surface area contributed by atoms with E-state index >= 15 is 0 Å². The van der Waals surface area contributed by atoms with Crippen LogP contribution in [0.2, 0.25) is 0 Å². The van der Waals surface area contributed by atoms with Crippen LogP contribution in [0.4, 0.5) is 0 Å². The highest BCUT2D eigenvalue weighted by Gasteiger charge is 1.96. The Hall–Kier alpha value is -1.51. The third-order valence-electron chi connectivity index (χ3n) is 1.68. The Labute approximate surface area is 84.4 Å². The van der Waals surface area contributed by atoms with Gasteiger partial charge in [-0.2, -0.15) is 0 Å². The maximum Gasteiger partial charge on any atom is 0.243 e. The van der Waals surface area contributed by atoms with E-state index in [1.807, 2.05) is 49.0 Å². The van der Waals surface area contributed by atoms with Crippen molar-refractivity contribution in [3.05, 3.63) is 36.7 Å². The van der Waals surface area contributed by atoms with Crippen molar-refractivity contribution in [2.24, 2.45) is 0 Å². The van der Waals surface area contributed by atoms with Crippen LogP contribution in [0.3, 0.4) is 0 Å². The predicted molar refractivity (Wildman–Crippen MR) is 56.9 cm³/mol. The number of nitrogens with zero attached hydrogens (tertiary/aromatic N) is 1. The van der Waals surface area contributed by atoms with Crippen molar-refractivity contribution in [3.8, 4) is 0 Å². The molecule has 0 fully saturated rings. The minimum Gasteiger partial charge on any atom is -0.350 e. The van der Waals surface area contributed by atoms with E-state index < -0.39 is 0 Å². The number of aromatic nitrogens is 1. The molecule has 1 aromatic rings. The van der Waals surface area contributed by atoms with Crippen LogP contribution in [0.5, 0.6) is 0 Å². The van der Waals surface area contributed by atoms with Crippen molar-refractivity contribution in [3.63, 3.8) is 0 Å². The lowest BCUT2D eigenvalue weighted by Gasteiger charge is -2.04. The van der Waals surface area contributed by atoms with Gasteiger partial charge in [-0.3, -0.25) is 4.79 Å². The molecule has 1 heterocycles. The number of carbonyl (C=O) groups is 1. The Morgan fingerprint density at radius 3 is 2.64 bits per heavy atom. The van der Waals surface area contributed by atoms with Crippen LogP contribution < -0.4 is 5.32 Å². The summed E-state index contributed by atoms with van der Waals surface area (Å²) in [6, 6.07) is 4.11. The molecule has 1 amide bonds. The minimum atomic E-state index is -0.0350. The molecule has 0 aliphatic carbocycles. The van der Waals surface area contributed by atoms with Gasteiger partial charge in [-0.1, -0.05) is 6.08 Å². The van der Waals surface area contributed by atoms with E-state index in [0.717, 1.165) is 6.54 Å². The highest BCUT2D eigenvalue weighted by molar-refractivity contribution is 5.87. The lowest BCUT2D eigenvalue weighted by atomic mass is 10.3. The molecule has 0 aliphatic heterocycles. The van der Waals surface area contributed by atoms with Crippen LogP contribution in [-0.4, -0.2) is 16.5 Å². The summed E-state index contributed by atoms with van der Waals surface area (Å²) < 4.78 is 2.00. The average molecular weight is 192 g/mol. The van der Waals surface area contributed by atoms with Gasteiger partial charge in [0.2, 0.25) is 5.91 Å². The molecule has 0 saturated carbocycles. The number of allylic oxidation sites excluding steroid dienone is 1. The zero-order valence-electron chi connectivity index (χ0n) is 8.60. The van der Waals surface area contributed by atoms with Gasteiger partial charge in [0.1, 0.15) is 0 Å². The number of rotatable bonds is 4. The number of hydrogen-bond acceptors (Lipinski definition) is 1. The molecule has 0 atom stereocenters. The smallest absolute Gasteiger partial charge is 0.243 e. The lowest BCUT2D eigenvalue weighted by Crippen LogP contribution is -2.28. The summed E-state index contributed by atoms with van der Waals surface area (Å²) in [7, 11) is 0. The first-order chi connectivity index (χ1) is 6.68. The maximum atomic E-state index is 11.2. The van der Waals surface area contributed by atoms with Crippen molar-refractivity contribution >= 4 is 5.91 Å². The molecule has 3 nitrogen and oxygen atoms in total. The van der Waals surface area contributed by atoms with E-state index in [-0.39, 0.29) is 11.9 Å². The van der Waals surface area contributed by atoms with Gasteiger partial charge in [0.05, 0.1) is 0 Å². The van der Waals surface area contributed by atoms with Gasteiger partial charge < -0.3 is 9.88 Å². The molecule has 3 heteroatoms. The molecule has 0 saturated heterocycles. The normalized spacial score (nSPS) is 11.1. The standard InChI is InChI=1S/C11H16N2O/c1-10(2)12-11(14)6-5-9-13-7-3-4-8-13/h3-8,10H,9H2,1-2H3,(H,12,14)/b6-5+. The van der Waals surface area contributed by atoms with Crippen LogP contribution in [0.25, 0.3) is 0 Å². The molecule has 0 aliphatic rings. The summed E-state index contributed by atoms with van der Waals surface area (Å²) in [5, 5.41) is 2.79. The van der Waals surface area contributed by atoms with Crippen molar-refractivity contribution in [1.82, 2.24) is 9.88 Å². The monoisotopic (exact) mass is 192 g/mol. The Morgan fingerprint density at radius 1 is 1.43 bits per heavy atom. The van der Waals surface area contributed by atoms with E-state index in [2.05, 4.69) is 5.32 Å². The summed E-state index contributed by atoms with van der Waals surface area (Å²) in [6.45, 7) is 4.62. The van der Waals surface area contributed by atoms with Crippen LogP contribution in [0.1, 0.15) is 13.8 Å². The molecule has 0 radical (unpaired) electrons. The third kappa shape index (κ3) is 3.94. The van der Waals surface area contributed by atoms with Crippen molar-refractivity contribution in [1.29, 1.82) is 0 Å². The van der Waals surface area contributed by atoms with E-state index in [0.29, 0.717) is 0 Å². The predicted octanol–water partition coefficient (Wildman–Crippen LogP) is 1.57. The molecule has 0 bridgehead atoms. The number of amides is 1. The fraction of sp³-hybridized carbons (Fsp3) is 0.364. The van der Waals surface area contributed by atoms with Crippen molar-refractivity contribution in [2.75, 3.05) is 0 Å². The zero-order valence-corrected chi connectivity index (χ0v) is 8.60. The molecule has 0 aromatic carbocycles. The fourth-order valence-electron chi connectivity index (χ4n) is 1.11. The Bertz CT molecular complexity index is 299. The Morgan fingerprint density at radius 2 is 2.07 bits per heavy atom. The number of nitrogens with one attached hydrogen (secondary N) is 1.